The van der Waals surface area contributed by atoms with Crippen LogP contribution in [0.5, 0.6) is 23.3 Å². The lowest BCUT2D eigenvalue weighted by molar-refractivity contribution is 0.0254. The van der Waals surface area contributed by atoms with Gasteiger partial charge in [0, 0.05) is 44.8 Å². The van der Waals surface area contributed by atoms with Gasteiger partial charge in [-0.15, -0.1) is 0 Å². The molecule has 2 aliphatic heterocycles. The number of nitrogens with zero attached hydrogens (tertiary/aromatic N) is 3. The zero-order valence-corrected chi connectivity index (χ0v) is 17.8. The predicted molar refractivity (Wildman–Crippen MR) is 111 cm³/mol. The molecule has 1 amide bonds. The summed E-state index contributed by atoms with van der Waals surface area (Å²) < 4.78 is 37.4. The lowest BCUT2D eigenvalue weighted by Crippen LogP contribution is -2.41. The summed E-state index contributed by atoms with van der Waals surface area (Å²) >= 11 is 0. The Hall–Kier alpha value is -3.14. The molecule has 4 rings (SSSR count). The number of carbonyl (C=O) groups is 1. The highest BCUT2D eigenvalue weighted by molar-refractivity contribution is 5.65. The maximum atomic E-state index is 14.6. The van der Waals surface area contributed by atoms with Gasteiger partial charge in [-0.2, -0.15) is 0 Å². The minimum absolute atomic E-state index is 0.0149. The molecule has 1 aromatic carbocycles. The molecule has 10 heteroatoms. The van der Waals surface area contributed by atoms with Gasteiger partial charge < -0.3 is 29.0 Å². The summed E-state index contributed by atoms with van der Waals surface area (Å²) in [5.74, 6) is 0.430. The van der Waals surface area contributed by atoms with Crippen LogP contribution in [0.1, 0.15) is 31.2 Å². The van der Waals surface area contributed by atoms with Crippen molar-refractivity contribution >= 4 is 6.09 Å². The van der Waals surface area contributed by atoms with Crippen molar-refractivity contribution in [2.24, 2.45) is 0 Å². The van der Waals surface area contributed by atoms with E-state index in [9.17, 15) is 9.18 Å². The normalized spacial score (nSPS) is 17.8. The summed E-state index contributed by atoms with van der Waals surface area (Å²) in [7, 11) is 0. The molecule has 2 aliphatic rings. The fourth-order valence-corrected chi connectivity index (χ4v) is 3.69. The van der Waals surface area contributed by atoms with Crippen LogP contribution in [-0.4, -0.2) is 64.6 Å². The van der Waals surface area contributed by atoms with Gasteiger partial charge in [0.05, 0.1) is 18.8 Å². The number of aromatic nitrogens is 2. The molecule has 0 unspecified atom stereocenters. The second-order valence-electron chi connectivity index (χ2n) is 7.82. The van der Waals surface area contributed by atoms with E-state index >= 15 is 0 Å². The van der Waals surface area contributed by atoms with E-state index in [-0.39, 0.29) is 23.8 Å². The summed E-state index contributed by atoms with van der Waals surface area (Å²) in [6.07, 6.45) is 2.90. The van der Waals surface area contributed by atoms with Crippen molar-refractivity contribution in [2.45, 2.75) is 44.8 Å². The first kappa shape index (κ1) is 22.1. The molecule has 2 saturated heterocycles. The standard InChI is InChI=1S/C22H26FN3O6/c1-14-20(31-15-4-8-26(9-5-15)22(27)28)24-13-25-21(14)32-19-3-2-17(12-18(19)23)30-16-6-10-29-11-7-16/h2-3,12-13,15-16H,4-11H2,1H3,(H,27,28). The van der Waals surface area contributed by atoms with Crippen LogP contribution in [0.3, 0.4) is 0 Å². The van der Waals surface area contributed by atoms with Crippen molar-refractivity contribution in [3.8, 4) is 23.3 Å². The average Bonchev–Trinajstić information content (AvgIpc) is 2.79. The minimum atomic E-state index is -0.927. The number of piperidine rings is 1. The Morgan fingerprint density at radius 1 is 1.09 bits per heavy atom. The zero-order valence-electron chi connectivity index (χ0n) is 17.8. The molecule has 0 atom stereocenters. The molecule has 1 N–H and O–H groups in total. The van der Waals surface area contributed by atoms with Crippen LogP contribution in [0.2, 0.25) is 0 Å². The maximum Gasteiger partial charge on any atom is 0.407 e. The molecule has 2 aromatic rings. The van der Waals surface area contributed by atoms with Crippen molar-refractivity contribution in [1.82, 2.24) is 14.9 Å². The van der Waals surface area contributed by atoms with Crippen LogP contribution >= 0.6 is 0 Å². The smallest absolute Gasteiger partial charge is 0.407 e. The van der Waals surface area contributed by atoms with Gasteiger partial charge >= 0.3 is 6.09 Å². The minimum Gasteiger partial charge on any atom is -0.490 e. The van der Waals surface area contributed by atoms with E-state index in [1.54, 1.807) is 13.0 Å². The number of ether oxygens (including phenoxy) is 4. The summed E-state index contributed by atoms with van der Waals surface area (Å²) in [4.78, 5) is 20.7. The highest BCUT2D eigenvalue weighted by Gasteiger charge is 2.25. The topological polar surface area (TPSA) is 103 Å². The molecular formula is C22H26FN3O6. The quantitative estimate of drug-likeness (QED) is 0.713. The lowest BCUT2D eigenvalue weighted by atomic mass is 10.1. The number of carboxylic acid groups (broad SMARTS) is 1. The maximum absolute atomic E-state index is 14.6. The van der Waals surface area contributed by atoms with E-state index in [1.807, 2.05) is 0 Å². The Morgan fingerprint density at radius 2 is 1.78 bits per heavy atom. The van der Waals surface area contributed by atoms with E-state index in [1.165, 1.54) is 23.4 Å². The lowest BCUT2D eigenvalue weighted by Gasteiger charge is -2.30. The number of hydrogen-bond acceptors (Lipinski definition) is 7. The van der Waals surface area contributed by atoms with Gasteiger partial charge in [0.1, 0.15) is 24.3 Å². The highest BCUT2D eigenvalue weighted by Crippen LogP contribution is 2.32. The first-order valence-electron chi connectivity index (χ1n) is 10.7. The van der Waals surface area contributed by atoms with E-state index in [2.05, 4.69) is 9.97 Å². The number of rotatable bonds is 6. The molecule has 172 valence electrons. The average molecular weight is 447 g/mol. The van der Waals surface area contributed by atoms with Gasteiger partial charge in [-0.1, -0.05) is 0 Å². The molecule has 0 bridgehead atoms. The first-order chi connectivity index (χ1) is 15.5. The van der Waals surface area contributed by atoms with Gasteiger partial charge in [-0.25, -0.2) is 19.2 Å². The van der Waals surface area contributed by atoms with Crippen LogP contribution in [0, 0.1) is 12.7 Å². The Kier molecular flexibility index (Phi) is 6.89. The molecule has 3 heterocycles. The Morgan fingerprint density at radius 3 is 2.47 bits per heavy atom. The molecule has 0 spiro atoms. The van der Waals surface area contributed by atoms with Crippen molar-refractivity contribution in [3.05, 3.63) is 35.9 Å². The Balaban J connectivity index is 1.39. The molecule has 2 fully saturated rings. The van der Waals surface area contributed by atoms with Crippen molar-refractivity contribution in [3.63, 3.8) is 0 Å². The van der Waals surface area contributed by atoms with Crippen LogP contribution in [0.25, 0.3) is 0 Å². The Bertz CT molecular complexity index is 945. The molecule has 9 nitrogen and oxygen atoms in total. The van der Waals surface area contributed by atoms with Crippen molar-refractivity contribution < 1.29 is 33.2 Å². The SMILES string of the molecule is Cc1c(Oc2ccc(OC3CCOCC3)cc2F)ncnc1OC1CCN(C(=O)O)CC1. The largest absolute Gasteiger partial charge is 0.490 e. The molecule has 1 aromatic heterocycles. The summed E-state index contributed by atoms with van der Waals surface area (Å²) in [6, 6.07) is 4.47. The summed E-state index contributed by atoms with van der Waals surface area (Å²) in [6.45, 7) is 3.83. The first-order valence-corrected chi connectivity index (χ1v) is 10.7. The fraction of sp³-hybridized carbons (Fsp3) is 0.500. The van der Waals surface area contributed by atoms with Gasteiger partial charge in [0.15, 0.2) is 11.6 Å². The molecule has 32 heavy (non-hydrogen) atoms. The number of amides is 1. The van der Waals surface area contributed by atoms with Gasteiger partial charge in [0.2, 0.25) is 11.8 Å². The second-order valence-corrected chi connectivity index (χ2v) is 7.82. The number of halogens is 1. The zero-order chi connectivity index (χ0) is 22.5. The second kappa shape index (κ2) is 9.99. The van der Waals surface area contributed by atoms with Crippen molar-refractivity contribution in [1.29, 1.82) is 0 Å². The number of benzene rings is 1. The van der Waals surface area contributed by atoms with Crippen LogP contribution in [0.15, 0.2) is 24.5 Å². The molecule has 0 aliphatic carbocycles. The molecule has 0 radical (unpaired) electrons. The fourth-order valence-electron chi connectivity index (χ4n) is 3.69. The van der Waals surface area contributed by atoms with E-state index < -0.39 is 11.9 Å². The van der Waals surface area contributed by atoms with Crippen LogP contribution in [0.4, 0.5) is 9.18 Å². The van der Waals surface area contributed by atoms with Gasteiger partial charge in [0.25, 0.3) is 0 Å². The number of hydrogen-bond donors (Lipinski definition) is 1. The number of likely N-dealkylation sites (tertiary alicyclic amines) is 1. The predicted octanol–water partition coefficient (Wildman–Crippen LogP) is 3.80. The van der Waals surface area contributed by atoms with E-state index in [4.69, 9.17) is 24.1 Å². The van der Waals surface area contributed by atoms with E-state index in [0.717, 1.165) is 12.8 Å². The summed E-state index contributed by atoms with van der Waals surface area (Å²) in [5, 5.41) is 9.06. The van der Waals surface area contributed by atoms with E-state index in [0.29, 0.717) is 56.3 Å². The molecule has 0 saturated carbocycles. The Labute approximate surface area is 185 Å². The third-order valence-electron chi connectivity index (χ3n) is 5.56. The monoisotopic (exact) mass is 447 g/mol. The highest BCUT2D eigenvalue weighted by atomic mass is 19.1. The third-order valence-corrected chi connectivity index (χ3v) is 5.56. The van der Waals surface area contributed by atoms with Gasteiger partial charge in [-0.05, 0) is 19.1 Å². The van der Waals surface area contributed by atoms with Gasteiger partial charge in [-0.3, -0.25) is 0 Å². The van der Waals surface area contributed by atoms with Crippen molar-refractivity contribution in [2.75, 3.05) is 26.3 Å². The third kappa shape index (κ3) is 5.37. The summed E-state index contributed by atoms with van der Waals surface area (Å²) in [5.41, 5.74) is 0.537. The van der Waals surface area contributed by atoms with Crippen LogP contribution < -0.4 is 14.2 Å². The molecular weight excluding hydrogens is 421 g/mol. The van der Waals surface area contributed by atoms with Crippen LogP contribution in [-0.2, 0) is 4.74 Å².